The summed E-state index contributed by atoms with van der Waals surface area (Å²) >= 11 is 6.23. The summed E-state index contributed by atoms with van der Waals surface area (Å²) in [6, 6.07) is 3.99. The number of nitrogens with zero attached hydrogens (tertiary/aromatic N) is 2. The van der Waals surface area contributed by atoms with Gasteiger partial charge in [-0.1, -0.05) is 46.2 Å². The largest absolute Gasteiger partial charge is 0.356 e. The Labute approximate surface area is 128 Å². The van der Waals surface area contributed by atoms with E-state index in [-0.39, 0.29) is 0 Å². The van der Waals surface area contributed by atoms with Crippen molar-refractivity contribution in [2.75, 3.05) is 24.5 Å². The molecule has 0 spiro atoms. The lowest BCUT2D eigenvalue weighted by Crippen LogP contribution is -2.32. The molecule has 0 amide bonds. The van der Waals surface area contributed by atoms with Gasteiger partial charge in [0.1, 0.15) is 5.82 Å². The van der Waals surface area contributed by atoms with Crippen molar-refractivity contribution in [2.45, 2.75) is 41.2 Å². The highest BCUT2D eigenvalue weighted by Gasteiger charge is 2.13. The number of rotatable bonds is 8. The van der Waals surface area contributed by atoms with Gasteiger partial charge in [-0.2, -0.15) is 0 Å². The lowest BCUT2D eigenvalue weighted by Gasteiger charge is -2.28. The van der Waals surface area contributed by atoms with Crippen LogP contribution in [0.5, 0.6) is 0 Å². The summed E-state index contributed by atoms with van der Waals surface area (Å²) in [4.78, 5) is 7.11. The standard InChI is InChI=1S/C16H28ClN3/c1-6-18-9-15-14(17)7-8-16(19-15)20(10-12(2)3)11-13(4)5/h7-8,12-13,18H,6,9-11H2,1-5H3. The second-order valence-electron chi connectivity index (χ2n) is 6.07. The first kappa shape index (κ1) is 17.3. The molecule has 0 fully saturated rings. The molecule has 0 aromatic carbocycles. The Kier molecular flexibility index (Phi) is 7.31. The minimum absolute atomic E-state index is 0.614. The molecule has 114 valence electrons. The van der Waals surface area contributed by atoms with Crippen molar-refractivity contribution in [3.63, 3.8) is 0 Å². The lowest BCUT2D eigenvalue weighted by molar-refractivity contribution is 0.547. The van der Waals surface area contributed by atoms with Crippen LogP contribution in [0.3, 0.4) is 0 Å². The number of hydrogen-bond donors (Lipinski definition) is 1. The van der Waals surface area contributed by atoms with Gasteiger partial charge in [-0.05, 0) is 30.5 Å². The second-order valence-corrected chi connectivity index (χ2v) is 6.48. The minimum atomic E-state index is 0.614. The number of hydrogen-bond acceptors (Lipinski definition) is 3. The fraction of sp³-hybridized carbons (Fsp3) is 0.688. The predicted octanol–water partition coefficient (Wildman–Crippen LogP) is 3.96. The second kappa shape index (κ2) is 8.48. The Morgan fingerprint density at radius 3 is 2.25 bits per heavy atom. The Bertz CT molecular complexity index is 395. The van der Waals surface area contributed by atoms with E-state index in [0.717, 1.165) is 42.7 Å². The van der Waals surface area contributed by atoms with Crippen LogP contribution in [-0.4, -0.2) is 24.6 Å². The van der Waals surface area contributed by atoms with Gasteiger partial charge in [-0.15, -0.1) is 0 Å². The molecule has 4 heteroatoms. The van der Waals surface area contributed by atoms with Crippen LogP contribution < -0.4 is 10.2 Å². The van der Waals surface area contributed by atoms with Crippen LogP contribution in [0.4, 0.5) is 5.82 Å². The zero-order valence-electron chi connectivity index (χ0n) is 13.4. The van der Waals surface area contributed by atoms with Gasteiger partial charge >= 0.3 is 0 Å². The zero-order chi connectivity index (χ0) is 15.1. The van der Waals surface area contributed by atoms with Crippen LogP contribution in [-0.2, 0) is 6.54 Å². The Morgan fingerprint density at radius 1 is 1.15 bits per heavy atom. The first-order chi connectivity index (χ1) is 9.43. The average molecular weight is 298 g/mol. The smallest absolute Gasteiger partial charge is 0.128 e. The van der Waals surface area contributed by atoms with Crippen molar-refractivity contribution in [1.82, 2.24) is 10.3 Å². The van der Waals surface area contributed by atoms with Crippen LogP contribution in [0.1, 0.15) is 40.3 Å². The molecule has 0 saturated carbocycles. The third-order valence-electron chi connectivity index (χ3n) is 2.94. The van der Waals surface area contributed by atoms with Crippen LogP contribution in [0, 0.1) is 11.8 Å². The van der Waals surface area contributed by atoms with Gasteiger partial charge in [0.25, 0.3) is 0 Å². The van der Waals surface area contributed by atoms with Crippen LogP contribution in [0.2, 0.25) is 5.02 Å². The molecule has 0 aliphatic rings. The van der Waals surface area contributed by atoms with Crippen molar-refractivity contribution in [2.24, 2.45) is 11.8 Å². The molecule has 20 heavy (non-hydrogen) atoms. The number of anilines is 1. The number of pyridine rings is 1. The van der Waals surface area contributed by atoms with Gasteiger partial charge in [0, 0.05) is 19.6 Å². The molecule has 3 nitrogen and oxygen atoms in total. The maximum atomic E-state index is 6.23. The highest BCUT2D eigenvalue weighted by atomic mass is 35.5. The molecular formula is C16H28ClN3. The van der Waals surface area contributed by atoms with Crippen molar-refractivity contribution >= 4 is 17.4 Å². The molecule has 0 aliphatic heterocycles. The summed E-state index contributed by atoms with van der Waals surface area (Å²) in [5, 5.41) is 4.03. The summed E-state index contributed by atoms with van der Waals surface area (Å²) in [5.41, 5.74) is 0.934. The highest BCUT2D eigenvalue weighted by molar-refractivity contribution is 6.31. The molecular weight excluding hydrogens is 270 g/mol. The molecule has 1 aromatic heterocycles. The molecule has 0 bridgehead atoms. The predicted molar refractivity (Wildman–Crippen MR) is 88.5 cm³/mol. The highest BCUT2D eigenvalue weighted by Crippen LogP contribution is 2.21. The summed E-state index contributed by atoms with van der Waals surface area (Å²) in [6.07, 6.45) is 0. The van der Waals surface area contributed by atoms with E-state index in [1.165, 1.54) is 0 Å². The summed E-state index contributed by atoms with van der Waals surface area (Å²) < 4.78 is 0. The van der Waals surface area contributed by atoms with E-state index >= 15 is 0 Å². The fourth-order valence-corrected chi connectivity index (χ4v) is 2.33. The molecule has 0 saturated heterocycles. The zero-order valence-corrected chi connectivity index (χ0v) is 14.2. The fourth-order valence-electron chi connectivity index (χ4n) is 2.16. The van der Waals surface area contributed by atoms with Crippen LogP contribution in [0.25, 0.3) is 0 Å². The quantitative estimate of drug-likeness (QED) is 0.787. The first-order valence-electron chi connectivity index (χ1n) is 7.55. The number of nitrogens with one attached hydrogen (secondary N) is 1. The molecule has 1 aromatic rings. The Balaban J connectivity index is 2.94. The van der Waals surface area contributed by atoms with Crippen LogP contribution >= 0.6 is 11.6 Å². The van der Waals surface area contributed by atoms with Crippen molar-refractivity contribution in [1.29, 1.82) is 0 Å². The van der Waals surface area contributed by atoms with E-state index in [2.05, 4.69) is 44.8 Å². The molecule has 0 unspecified atom stereocenters. The maximum absolute atomic E-state index is 6.23. The summed E-state index contributed by atoms with van der Waals surface area (Å²) in [5.74, 6) is 2.26. The minimum Gasteiger partial charge on any atom is -0.356 e. The van der Waals surface area contributed by atoms with E-state index in [4.69, 9.17) is 16.6 Å². The van der Waals surface area contributed by atoms with Gasteiger partial charge in [0.2, 0.25) is 0 Å². The Hall–Kier alpha value is -0.800. The molecule has 1 N–H and O–H groups in total. The number of halogens is 1. The van der Waals surface area contributed by atoms with Gasteiger partial charge < -0.3 is 10.2 Å². The average Bonchev–Trinajstić information content (AvgIpc) is 2.36. The summed E-state index contributed by atoms with van der Waals surface area (Å²) in [6.45, 7) is 14.7. The summed E-state index contributed by atoms with van der Waals surface area (Å²) in [7, 11) is 0. The van der Waals surface area contributed by atoms with E-state index in [1.807, 2.05) is 12.1 Å². The van der Waals surface area contributed by atoms with E-state index < -0.39 is 0 Å². The number of aromatic nitrogens is 1. The SMILES string of the molecule is CCNCc1nc(N(CC(C)C)CC(C)C)ccc1Cl. The molecule has 1 rings (SSSR count). The van der Waals surface area contributed by atoms with E-state index in [0.29, 0.717) is 11.8 Å². The third-order valence-corrected chi connectivity index (χ3v) is 3.29. The third kappa shape index (κ3) is 5.68. The Morgan fingerprint density at radius 2 is 1.75 bits per heavy atom. The van der Waals surface area contributed by atoms with Gasteiger partial charge in [0.15, 0.2) is 0 Å². The first-order valence-corrected chi connectivity index (χ1v) is 7.92. The lowest BCUT2D eigenvalue weighted by atomic mass is 10.1. The normalized spacial score (nSPS) is 11.4. The maximum Gasteiger partial charge on any atom is 0.128 e. The van der Waals surface area contributed by atoms with Crippen molar-refractivity contribution in [3.05, 3.63) is 22.8 Å². The van der Waals surface area contributed by atoms with E-state index in [9.17, 15) is 0 Å². The van der Waals surface area contributed by atoms with Crippen LogP contribution in [0.15, 0.2) is 12.1 Å². The van der Waals surface area contributed by atoms with E-state index in [1.54, 1.807) is 0 Å². The molecule has 0 atom stereocenters. The monoisotopic (exact) mass is 297 g/mol. The molecule has 0 radical (unpaired) electrons. The topological polar surface area (TPSA) is 28.2 Å². The molecule has 1 heterocycles. The van der Waals surface area contributed by atoms with Crippen molar-refractivity contribution in [3.8, 4) is 0 Å². The van der Waals surface area contributed by atoms with Crippen molar-refractivity contribution < 1.29 is 0 Å². The van der Waals surface area contributed by atoms with Gasteiger partial charge in [-0.25, -0.2) is 4.98 Å². The molecule has 0 aliphatic carbocycles. The van der Waals surface area contributed by atoms with Gasteiger partial charge in [-0.3, -0.25) is 0 Å². The van der Waals surface area contributed by atoms with Gasteiger partial charge in [0.05, 0.1) is 10.7 Å².